The average molecular weight is 352 g/mol. The molecule has 26 heavy (non-hydrogen) atoms. The van der Waals surface area contributed by atoms with E-state index in [4.69, 9.17) is 10.5 Å². The monoisotopic (exact) mass is 352 g/mol. The van der Waals surface area contributed by atoms with Crippen LogP contribution in [-0.4, -0.2) is 17.6 Å². The molecule has 0 atom stereocenters. The number of benzene rings is 2. The first-order valence-corrected chi connectivity index (χ1v) is 8.39. The molecule has 0 bridgehead atoms. The Morgan fingerprint density at radius 2 is 1.85 bits per heavy atom. The van der Waals surface area contributed by atoms with E-state index >= 15 is 0 Å². The van der Waals surface area contributed by atoms with Crippen LogP contribution in [0.4, 0.5) is 4.39 Å². The molecule has 5 heteroatoms. The van der Waals surface area contributed by atoms with Gasteiger partial charge in [-0.05, 0) is 60.9 Å². The Labute approximate surface area is 152 Å². The fraction of sp³-hybridized carbons (Fsp3) is 0.190. The number of carbonyl (C=O) groups is 1. The smallest absolute Gasteiger partial charge is 0.250 e. The number of methoxy groups -OCH3 is 1. The second-order valence-corrected chi connectivity index (χ2v) is 6.11. The van der Waals surface area contributed by atoms with Crippen LogP contribution in [0.2, 0.25) is 0 Å². The van der Waals surface area contributed by atoms with Gasteiger partial charge in [-0.25, -0.2) is 4.39 Å². The van der Waals surface area contributed by atoms with Gasteiger partial charge in [0.25, 0.3) is 5.91 Å². The highest BCUT2D eigenvalue weighted by Gasteiger charge is 2.17. The minimum absolute atomic E-state index is 0.298. The maximum atomic E-state index is 13.3. The highest BCUT2D eigenvalue weighted by molar-refractivity contribution is 5.95. The third kappa shape index (κ3) is 3.47. The molecule has 1 aromatic heterocycles. The predicted octanol–water partition coefficient (Wildman–Crippen LogP) is 3.95. The van der Waals surface area contributed by atoms with E-state index in [2.05, 4.69) is 0 Å². The number of aromatic nitrogens is 1. The zero-order chi connectivity index (χ0) is 18.7. The maximum absolute atomic E-state index is 13.3. The molecule has 0 saturated heterocycles. The van der Waals surface area contributed by atoms with Gasteiger partial charge in [0.15, 0.2) is 0 Å². The summed E-state index contributed by atoms with van der Waals surface area (Å²) < 4.78 is 20.7. The number of nitrogens with zero attached hydrogens (tertiary/aromatic N) is 1. The summed E-state index contributed by atoms with van der Waals surface area (Å²) in [5.41, 5.74) is 9.55. The molecule has 4 nitrogen and oxygen atoms in total. The Bertz CT molecular complexity index is 930. The second kappa shape index (κ2) is 7.44. The van der Waals surface area contributed by atoms with E-state index in [0.29, 0.717) is 12.1 Å². The van der Waals surface area contributed by atoms with Crippen molar-refractivity contribution >= 4 is 5.91 Å². The van der Waals surface area contributed by atoms with Crippen molar-refractivity contribution < 1.29 is 13.9 Å². The lowest BCUT2D eigenvalue weighted by Crippen LogP contribution is -2.13. The predicted molar refractivity (Wildman–Crippen MR) is 99.8 cm³/mol. The van der Waals surface area contributed by atoms with Gasteiger partial charge in [-0.15, -0.1) is 0 Å². The third-order valence-electron chi connectivity index (χ3n) is 4.57. The van der Waals surface area contributed by atoms with Crippen molar-refractivity contribution in [1.29, 1.82) is 0 Å². The second-order valence-electron chi connectivity index (χ2n) is 6.11. The summed E-state index contributed by atoms with van der Waals surface area (Å²) in [6.45, 7) is 2.52. The van der Waals surface area contributed by atoms with Gasteiger partial charge in [0.2, 0.25) is 0 Å². The van der Waals surface area contributed by atoms with Crippen LogP contribution in [0.1, 0.15) is 21.6 Å². The van der Waals surface area contributed by atoms with Crippen molar-refractivity contribution in [2.75, 3.05) is 7.11 Å². The van der Waals surface area contributed by atoms with Gasteiger partial charge < -0.3 is 15.0 Å². The number of para-hydroxylation sites is 1. The number of rotatable bonds is 6. The standard InChI is InChI=1S/C21H21FN2O2/c1-14-18(21(23)25)13-19(15-7-9-17(22)10-8-15)24(14)12-11-16-5-3-4-6-20(16)26-2/h3-10,13H,11-12H2,1-2H3,(H2,23,25). The zero-order valence-electron chi connectivity index (χ0n) is 14.8. The van der Waals surface area contributed by atoms with Gasteiger partial charge in [0.05, 0.1) is 12.7 Å². The summed E-state index contributed by atoms with van der Waals surface area (Å²) in [6, 6.07) is 15.8. The lowest BCUT2D eigenvalue weighted by atomic mass is 10.1. The third-order valence-corrected chi connectivity index (χ3v) is 4.57. The first-order valence-electron chi connectivity index (χ1n) is 8.39. The Morgan fingerprint density at radius 3 is 2.50 bits per heavy atom. The highest BCUT2D eigenvalue weighted by atomic mass is 19.1. The quantitative estimate of drug-likeness (QED) is 0.730. The number of hydrogen-bond donors (Lipinski definition) is 1. The summed E-state index contributed by atoms with van der Waals surface area (Å²) in [5, 5.41) is 0. The number of ether oxygens (including phenoxy) is 1. The number of halogens is 1. The molecule has 2 aromatic carbocycles. The van der Waals surface area contributed by atoms with Crippen LogP contribution >= 0.6 is 0 Å². The molecule has 2 N–H and O–H groups in total. The molecule has 0 unspecified atom stereocenters. The topological polar surface area (TPSA) is 57.2 Å². The van der Waals surface area contributed by atoms with Crippen LogP contribution in [-0.2, 0) is 13.0 Å². The molecule has 0 aliphatic carbocycles. The van der Waals surface area contributed by atoms with Crippen LogP contribution < -0.4 is 10.5 Å². The zero-order valence-corrected chi connectivity index (χ0v) is 14.8. The molecule has 134 valence electrons. The van der Waals surface area contributed by atoms with Crippen molar-refractivity contribution in [1.82, 2.24) is 4.57 Å². The Kier molecular flexibility index (Phi) is 5.07. The van der Waals surface area contributed by atoms with Gasteiger partial charge in [-0.3, -0.25) is 4.79 Å². The van der Waals surface area contributed by atoms with Crippen molar-refractivity contribution in [2.24, 2.45) is 5.73 Å². The summed E-state index contributed by atoms with van der Waals surface area (Å²) in [7, 11) is 1.65. The molecule has 0 spiro atoms. The van der Waals surface area contributed by atoms with E-state index in [0.717, 1.165) is 34.7 Å². The lowest BCUT2D eigenvalue weighted by Gasteiger charge is -2.14. The number of hydrogen-bond acceptors (Lipinski definition) is 2. The SMILES string of the molecule is COc1ccccc1CCn1c(-c2ccc(F)cc2)cc(C(N)=O)c1C. The molecule has 1 amide bonds. The van der Waals surface area contributed by atoms with E-state index in [1.165, 1.54) is 12.1 Å². The molecule has 0 aliphatic heterocycles. The average Bonchev–Trinajstić information content (AvgIpc) is 2.97. The van der Waals surface area contributed by atoms with E-state index in [1.54, 1.807) is 25.3 Å². The molecular weight excluding hydrogens is 331 g/mol. The molecule has 0 saturated carbocycles. The molecule has 3 aromatic rings. The van der Waals surface area contributed by atoms with Gasteiger partial charge in [-0.2, -0.15) is 0 Å². The highest BCUT2D eigenvalue weighted by Crippen LogP contribution is 2.27. The minimum atomic E-state index is -0.470. The molecule has 0 fully saturated rings. The Hall–Kier alpha value is -3.08. The van der Waals surface area contributed by atoms with Crippen LogP contribution in [0.15, 0.2) is 54.6 Å². The van der Waals surface area contributed by atoms with Crippen LogP contribution in [0.5, 0.6) is 5.75 Å². The lowest BCUT2D eigenvalue weighted by molar-refractivity contribution is 0.0999. The number of amides is 1. The van der Waals surface area contributed by atoms with Gasteiger partial charge in [0, 0.05) is 17.9 Å². The van der Waals surface area contributed by atoms with Crippen LogP contribution in [0, 0.1) is 12.7 Å². The van der Waals surface area contributed by atoms with Crippen molar-refractivity contribution in [3.05, 3.63) is 77.2 Å². The first-order chi connectivity index (χ1) is 12.5. The first kappa shape index (κ1) is 17.7. The molecule has 3 rings (SSSR count). The normalized spacial score (nSPS) is 10.7. The number of carbonyl (C=O) groups excluding carboxylic acids is 1. The van der Waals surface area contributed by atoms with Gasteiger partial charge in [-0.1, -0.05) is 18.2 Å². The number of primary amides is 1. The number of aryl methyl sites for hydroxylation is 1. The Morgan fingerprint density at radius 1 is 1.15 bits per heavy atom. The van der Waals surface area contributed by atoms with Crippen molar-refractivity contribution in [3.63, 3.8) is 0 Å². The fourth-order valence-electron chi connectivity index (χ4n) is 3.18. The van der Waals surface area contributed by atoms with Crippen LogP contribution in [0.3, 0.4) is 0 Å². The number of nitrogens with two attached hydrogens (primary N) is 1. The van der Waals surface area contributed by atoms with Gasteiger partial charge in [0.1, 0.15) is 11.6 Å². The van der Waals surface area contributed by atoms with E-state index in [9.17, 15) is 9.18 Å². The summed E-state index contributed by atoms with van der Waals surface area (Å²) in [6.07, 6.45) is 0.728. The fourth-order valence-corrected chi connectivity index (χ4v) is 3.18. The van der Waals surface area contributed by atoms with Crippen molar-refractivity contribution in [3.8, 4) is 17.0 Å². The summed E-state index contributed by atoms with van der Waals surface area (Å²) >= 11 is 0. The van der Waals surface area contributed by atoms with E-state index < -0.39 is 5.91 Å². The maximum Gasteiger partial charge on any atom is 0.250 e. The van der Waals surface area contributed by atoms with E-state index in [1.807, 2.05) is 35.8 Å². The minimum Gasteiger partial charge on any atom is -0.496 e. The van der Waals surface area contributed by atoms with E-state index in [-0.39, 0.29) is 5.82 Å². The summed E-state index contributed by atoms with van der Waals surface area (Å²) in [4.78, 5) is 11.8. The van der Waals surface area contributed by atoms with Gasteiger partial charge >= 0.3 is 0 Å². The molecular formula is C21H21FN2O2. The molecule has 0 aliphatic rings. The molecule has 0 radical (unpaired) electrons. The van der Waals surface area contributed by atoms with Crippen LogP contribution in [0.25, 0.3) is 11.3 Å². The molecule has 1 heterocycles. The Balaban J connectivity index is 1.99. The largest absolute Gasteiger partial charge is 0.496 e. The summed E-state index contributed by atoms with van der Waals surface area (Å²) in [5.74, 6) is 0.0606. The van der Waals surface area contributed by atoms with Crippen molar-refractivity contribution in [2.45, 2.75) is 19.9 Å².